The lowest BCUT2D eigenvalue weighted by atomic mass is 9.97. The van der Waals surface area contributed by atoms with Crippen LogP contribution in [0.3, 0.4) is 0 Å². The van der Waals surface area contributed by atoms with Crippen LogP contribution in [0, 0.1) is 19.8 Å². The molecule has 0 bridgehead atoms. The predicted octanol–water partition coefficient (Wildman–Crippen LogP) is 2.15. The van der Waals surface area contributed by atoms with Gasteiger partial charge in [-0.1, -0.05) is 18.2 Å². The summed E-state index contributed by atoms with van der Waals surface area (Å²) in [5, 5.41) is 3.02. The lowest BCUT2D eigenvalue weighted by Gasteiger charge is -2.31. The Bertz CT molecular complexity index is 685. The summed E-state index contributed by atoms with van der Waals surface area (Å²) in [6, 6.07) is 6.08. The van der Waals surface area contributed by atoms with E-state index >= 15 is 0 Å². The van der Waals surface area contributed by atoms with Crippen LogP contribution >= 0.6 is 0 Å². The fraction of sp³-hybridized carbons (Fsp3) is 0.588. The molecule has 128 valence electrons. The van der Waals surface area contributed by atoms with E-state index in [0.29, 0.717) is 6.54 Å². The Morgan fingerprint density at radius 2 is 2.00 bits per heavy atom. The minimum atomic E-state index is -3.23. The number of amides is 1. The maximum atomic E-state index is 12.5. The Balaban J connectivity index is 2.01. The fourth-order valence-corrected chi connectivity index (χ4v) is 3.82. The molecule has 1 N–H and O–H groups in total. The standard InChI is InChI=1S/C17H26N2O3S/c1-12-7-8-15(10-13(12)2)14(3)18-17(20)16-6-5-9-19(11-16)23(4,21)22/h7-8,10,14,16H,5-6,9,11H2,1-4H3,(H,18,20)/t14-,16+/m0/s1. The van der Waals surface area contributed by atoms with E-state index in [9.17, 15) is 13.2 Å². The highest BCUT2D eigenvalue weighted by atomic mass is 32.2. The summed E-state index contributed by atoms with van der Waals surface area (Å²) >= 11 is 0. The minimum Gasteiger partial charge on any atom is -0.349 e. The number of rotatable bonds is 4. The molecule has 2 atom stereocenters. The van der Waals surface area contributed by atoms with E-state index in [2.05, 4.69) is 31.3 Å². The van der Waals surface area contributed by atoms with Gasteiger partial charge in [0.1, 0.15) is 0 Å². The van der Waals surface area contributed by atoms with Crippen LogP contribution in [0.2, 0.25) is 0 Å². The molecule has 0 aliphatic carbocycles. The SMILES string of the molecule is Cc1ccc([C@H](C)NC(=O)[C@@H]2CCCN(S(C)(=O)=O)C2)cc1C. The van der Waals surface area contributed by atoms with Crippen LogP contribution in [0.5, 0.6) is 0 Å². The average Bonchev–Trinajstić information content (AvgIpc) is 2.49. The van der Waals surface area contributed by atoms with Crippen molar-refractivity contribution >= 4 is 15.9 Å². The molecule has 0 spiro atoms. The van der Waals surface area contributed by atoms with Gasteiger partial charge in [-0.25, -0.2) is 12.7 Å². The van der Waals surface area contributed by atoms with Crippen LogP contribution in [0.25, 0.3) is 0 Å². The van der Waals surface area contributed by atoms with Crippen molar-refractivity contribution in [3.63, 3.8) is 0 Å². The molecule has 1 fully saturated rings. The molecular formula is C17H26N2O3S. The largest absolute Gasteiger partial charge is 0.349 e. The second kappa shape index (κ2) is 7.01. The molecule has 1 heterocycles. The first-order valence-corrected chi connectivity index (χ1v) is 9.86. The highest BCUT2D eigenvalue weighted by Gasteiger charge is 2.30. The Labute approximate surface area is 139 Å². The topological polar surface area (TPSA) is 66.5 Å². The van der Waals surface area contributed by atoms with Crippen molar-refractivity contribution in [2.24, 2.45) is 5.92 Å². The number of sulfonamides is 1. The van der Waals surface area contributed by atoms with Crippen LogP contribution in [-0.4, -0.2) is 38.0 Å². The van der Waals surface area contributed by atoms with Gasteiger partial charge in [0.15, 0.2) is 0 Å². The van der Waals surface area contributed by atoms with Crippen LogP contribution in [0.1, 0.15) is 42.5 Å². The number of aryl methyl sites for hydroxylation is 2. The lowest BCUT2D eigenvalue weighted by Crippen LogP contribution is -2.45. The molecular weight excluding hydrogens is 312 g/mol. The first-order valence-electron chi connectivity index (χ1n) is 8.01. The second-order valence-corrected chi connectivity index (χ2v) is 8.52. The van der Waals surface area contributed by atoms with E-state index in [4.69, 9.17) is 0 Å². The lowest BCUT2D eigenvalue weighted by molar-refractivity contribution is -0.126. The molecule has 1 aliphatic heterocycles. The summed E-state index contributed by atoms with van der Waals surface area (Å²) in [6.07, 6.45) is 2.66. The van der Waals surface area contributed by atoms with Crippen LogP contribution < -0.4 is 5.32 Å². The third kappa shape index (κ3) is 4.54. The molecule has 0 radical (unpaired) electrons. The number of nitrogens with zero attached hydrogens (tertiary/aromatic N) is 1. The predicted molar refractivity (Wildman–Crippen MR) is 91.6 cm³/mol. The van der Waals surface area contributed by atoms with Crippen molar-refractivity contribution in [1.29, 1.82) is 0 Å². The summed E-state index contributed by atoms with van der Waals surface area (Å²) in [5.74, 6) is -0.337. The summed E-state index contributed by atoms with van der Waals surface area (Å²) in [4.78, 5) is 12.5. The normalized spacial score (nSPS) is 21.0. The average molecular weight is 338 g/mol. The number of hydrogen-bond acceptors (Lipinski definition) is 3. The van der Waals surface area contributed by atoms with E-state index in [1.807, 2.05) is 13.0 Å². The first-order chi connectivity index (χ1) is 10.7. The molecule has 0 saturated carbocycles. The molecule has 1 aliphatic rings. The number of benzene rings is 1. The molecule has 1 aromatic carbocycles. The number of hydrogen-bond donors (Lipinski definition) is 1. The van der Waals surface area contributed by atoms with Crippen LogP contribution in [-0.2, 0) is 14.8 Å². The Morgan fingerprint density at radius 3 is 2.61 bits per heavy atom. The Hall–Kier alpha value is -1.40. The molecule has 5 nitrogen and oxygen atoms in total. The number of nitrogens with one attached hydrogen (secondary N) is 1. The van der Waals surface area contributed by atoms with E-state index in [1.165, 1.54) is 21.7 Å². The second-order valence-electron chi connectivity index (χ2n) is 6.53. The molecule has 23 heavy (non-hydrogen) atoms. The van der Waals surface area contributed by atoms with Gasteiger partial charge in [-0.3, -0.25) is 4.79 Å². The number of carbonyl (C=O) groups excluding carboxylic acids is 1. The maximum absolute atomic E-state index is 12.5. The summed E-state index contributed by atoms with van der Waals surface area (Å²) in [6.45, 7) is 6.86. The van der Waals surface area contributed by atoms with Gasteiger partial charge in [-0.15, -0.1) is 0 Å². The quantitative estimate of drug-likeness (QED) is 0.915. The Morgan fingerprint density at radius 1 is 1.30 bits per heavy atom. The van der Waals surface area contributed by atoms with Gasteiger partial charge in [0.25, 0.3) is 0 Å². The highest BCUT2D eigenvalue weighted by molar-refractivity contribution is 7.88. The minimum absolute atomic E-state index is 0.0657. The zero-order valence-electron chi connectivity index (χ0n) is 14.3. The van der Waals surface area contributed by atoms with Gasteiger partial charge in [-0.05, 0) is 50.3 Å². The third-order valence-corrected chi connectivity index (χ3v) is 5.88. The van der Waals surface area contributed by atoms with Crippen molar-refractivity contribution in [2.75, 3.05) is 19.3 Å². The summed E-state index contributed by atoms with van der Waals surface area (Å²) < 4.78 is 24.7. The van der Waals surface area contributed by atoms with Crippen molar-refractivity contribution in [3.05, 3.63) is 34.9 Å². The van der Waals surface area contributed by atoms with Gasteiger partial charge in [0.2, 0.25) is 15.9 Å². The van der Waals surface area contributed by atoms with Gasteiger partial charge >= 0.3 is 0 Å². The van der Waals surface area contributed by atoms with E-state index in [0.717, 1.165) is 18.4 Å². The van der Waals surface area contributed by atoms with Gasteiger partial charge < -0.3 is 5.32 Å². The van der Waals surface area contributed by atoms with Gasteiger partial charge in [0, 0.05) is 13.1 Å². The van der Waals surface area contributed by atoms with Crippen molar-refractivity contribution in [3.8, 4) is 0 Å². The smallest absolute Gasteiger partial charge is 0.224 e. The number of piperidine rings is 1. The van der Waals surface area contributed by atoms with E-state index < -0.39 is 10.0 Å². The fourth-order valence-electron chi connectivity index (χ4n) is 2.91. The zero-order valence-corrected chi connectivity index (χ0v) is 15.1. The molecule has 1 amide bonds. The third-order valence-electron chi connectivity index (χ3n) is 4.61. The van der Waals surface area contributed by atoms with Gasteiger partial charge in [0.05, 0.1) is 18.2 Å². The van der Waals surface area contributed by atoms with Crippen molar-refractivity contribution in [1.82, 2.24) is 9.62 Å². The van der Waals surface area contributed by atoms with Crippen LogP contribution in [0.15, 0.2) is 18.2 Å². The highest BCUT2D eigenvalue weighted by Crippen LogP contribution is 2.21. The Kier molecular flexibility index (Phi) is 5.47. The van der Waals surface area contributed by atoms with Crippen LogP contribution in [0.4, 0.5) is 0 Å². The first kappa shape index (κ1) is 17.9. The van der Waals surface area contributed by atoms with E-state index in [1.54, 1.807) is 0 Å². The molecule has 6 heteroatoms. The zero-order chi connectivity index (χ0) is 17.2. The van der Waals surface area contributed by atoms with Gasteiger partial charge in [-0.2, -0.15) is 0 Å². The number of carbonyl (C=O) groups is 1. The summed E-state index contributed by atoms with van der Waals surface area (Å²) in [5.41, 5.74) is 3.49. The molecule has 1 aromatic rings. The molecule has 2 rings (SSSR count). The summed E-state index contributed by atoms with van der Waals surface area (Å²) in [7, 11) is -3.23. The van der Waals surface area contributed by atoms with E-state index in [-0.39, 0.29) is 24.4 Å². The van der Waals surface area contributed by atoms with Crippen molar-refractivity contribution in [2.45, 2.75) is 39.7 Å². The maximum Gasteiger partial charge on any atom is 0.224 e. The molecule has 0 aromatic heterocycles. The molecule has 1 saturated heterocycles. The van der Waals surface area contributed by atoms with Crippen molar-refractivity contribution < 1.29 is 13.2 Å². The molecule has 0 unspecified atom stereocenters. The monoisotopic (exact) mass is 338 g/mol.